The molecule has 1 fully saturated rings. The van der Waals surface area contributed by atoms with Gasteiger partial charge in [-0.3, -0.25) is 0 Å². The molecule has 0 aromatic heterocycles. The molecule has 0 radical (unpaired) electrons. The smallest absolute Gasteiger partial charge is 0.0591 e. The van der Waals surface area contributed by atoms with Crippen LogP contribution in [0.4, 0.5) is 0 Å². The van der Waals surface area contributed by atoms with Crippen LogP contribution in [0, 0.1) is 0 Å². The number of unbranched alkanes of at least 4 members (excludes halogenated alkanes) is 3. The first-order valence-electron chi connectivity index (χ1n) is 6.41. The summed E-state index contributed by atoms with van der Waals surface area (Å²) in [6.07, 6.45) is 9.71. The van der Waals surface area contributed by atoms with Gasteiger partial charge in [-0.1, -0.05) is 38.7 Å². The molecule has 1 aliphatic rings. The largest absolute Gasteiger partial charge is 0.379 e. The summed E-state index contributed by atoms with van der Waals surface area (Å²) in [5.74, 6) is 0. The first kappa shape index (κ1) is 12.2. The standard InChI is InChI=1S/C12H26OSi/c1-3-4-5-8-11-14-12(2)9-6-7-10-13-12/h3-11,14H2,1-2H3. The van der Waals surface area contributed by atoms with E-state index in [-0.39, 0.29) is 9.52 Å². The van der Waals surface area contributed by atoms with E-state index in [1.165, 1.54) is 51.0 Å². The molecular weight excluding hydrogens is 188 g/mol. The van der Waals surface area contributed by atoms with Gasteiger partial charge in [-0.25, -0.2) is 0 Å². The minimum absolute atomic E-state index is 0.0189. The fourth-order valence-corrected chi connectivity index (χ4v) is 4.43. The molecule has 0 aromatic carbocycles. The summed E-state index contributed by atoms with van der Waals surface area (Å²) in [6.45, 7) is 5.67. The molecule has 1 rings (SSSR count). The van der Waals surface area contributed by atoms with Crippen molar-refractivity contribution in [2.45, 2.75) is 70.1 Å². The van der Waals surface area contributed by atoms with Crippen LogP contribution < -0.4 is 0 Å². The number of ether oxygens (including phenoxy) is 1. The molecule has 1 nitrogen and oxygen atoms in total. The zero-order chi connectivity index (χ0) is 10.3. The maximum Gasteiger partial charge on any atom is 0.0591 e. The Morgan fingerprint density at radius 1 is 1.21 bits per heavy atom. The lowest BCUT2D eigenvalue weighted by Crippen LogP contribution is -2.38. The van der Waals surface area contributed by atoms with Gasteiger partial charge in [-0.2, -0.15) is 0 Å². The van der Waals surface area contributed by atoms with E-state index in [0.717, 1.165) is 6.61 Å². The highest BCUT2D eigenvalue weighted by Gasteiger charge is 2.26. The molecular formula is C12H26OSi. The van der Waals surface area contributed by atoms with Crippen molar-refractivity contribution in [2.24, 2.45) is 0 Å². The van der Waals surface area contributed by atoms with Crippen LogP contribution in [0.1, 0.15) is 58.8 Å². The van der Waals surface area contributed by atoms with Gasteiger partial charge in [0.25, 0.3) is 0 Å². The van der Waals surface area contributed by atoms with E-state index in [4.69, 9.17) is 4.74 Å². The molecule has 0 N–H and O–H groups in total. The quantitative estimate of drug-likeness (QED) is 0.488. The van der Waals surface area contributed by atoms with E-state index in [1.54, 1.807) is 0 Å². The van der Waals surface area contributed by atoms with Crippen LogP contribution in [0.25, 0.3) is 0 Å². The second-order valence-electron chi connectivity index (χ2n) is 4.92. The highest BCUT2D eigenvalue weighted by Crippen LogP contribution is 2.24. The molecule has 1 unspecified atom stereocenters. The Kier molecular flexibility index (Phi) is 5.79. The first-order valence-corrected chi connectivity index (χ1v) is 8.11. The molecule has 0 aliphatic carbocycles. The monoisotopic (exact) mass is 214 g/mol. The third kappa shape index (κ3) is 4.60. The van der Waals surface area contributed by atoms with Gasteiger partial charge in [0, 0.05) is 11.8 Å². The molecule has 0 bridgehead atoms. The maximum absolute atomic E-state index is 5.93. The lowest BCUT2D eigenvalue weighted by atomic mass is 10.1. The molecule has 0 amide bonds. The average molecular weight is 214 g/mol. The molecule has 1 aliphatic heterocycles. The number of rotatable bonds is 6. The zero-order valence-electron chi connectivity index (χ0n) is 9.98. The lowest BCUT2D eigenvalue weighted by Gasteiger charge is -2.33. The van der Waals surface area contributed by atoms with Crippen molar-refractivity contribution in [3.05, 3.63) is 0 Å². The average Bonchev–Trinajstić information content (AvgIpc) is 2.18. The third-order valence-corrected chi connectivity index (χ3v) is 5.83. The highest BCUT2D eigenvalue weighted by molar-refractivity contribution is 6.39. The predicted octanol–water partition coefficient (Wildman–Crippen LogP) is 3.07. The van der Waals surface area contributed by atoms with Crippen molar-refractivity contribution in [1.29, 1.82) is 0 Å². The number of hydrogen-bond donors (Lipinski definition) is 0. The van der Waals surface area contributed by atoms with Gasteiger partial charge in [-0.05, 0) is 26.2 Å². The van der Waals surface area contributed by atoms with Gasteiger partial charge >= 0.3 is 0 Å². The van der Waals surface area contributed by atoms with E-state index < -0.39 is 0 Å². The second kappa shape index (κ2) is 6.62. The minimum atomic E-state index is 0.0189. The van der Waals surface area contributed by atoms with Gasteiger partial charge in [-0.15, -0.1) is 0 Å². The van der Waals surface area contributed by atoms with E-state index in [1.807, 2.05) is 0 Å². The van der Waals surface area contributed by atoms with E-state index in [9.17, 15) is 0 Å². The fraction of sp³-hybridized carbons (Fsp3) is 1.00. The topological polar surface area (TPSA) is 9.23 Å². The van der Waals surface area contributed by atoms with Gasteiger partial charge in [0.1, 0.15) is 0 Å². The Morgan fingerprint density at radius 2 is 2.07 bits per heavy atom. The summed E-state index contributed by atoms with van der Waals surface area (Å²) in [5.41, 5.74) is 0. The zero-order valence-corrected chi connectivity index (χ0v) is 11.4. The third-order valence-electron chi connectivity index (χ3n) is 3.36. The SMILES string of the molecule is CCCCCC[SiH2]C1(C)CCCCO1. The summed E-state index contributed by atoms with van der Waals surface area (Å²) in [5, 5.41) is 0.366. The number of hydrogen-bond acceptors (Lipinski definition) is 1. The maximum atomic E-state index is 5.93. The first-order chi connectivity index (χ1) is 6.77. The Bertz CT molecular complexity index is 141. The Hall–Kier alpha value is 0.177. The van der Waals surface area contributed by atoms with Crippen molar-refractivity contribution < 1.29 is 4.74 Å². The molecule has 84 valence electrons. The van der Waals surface area contributed by atoms with Crippen molar-refractivity contribution in [2.75, 3.05) is 6.61 Å². The van der Waals surface area contributed by atoms with E-state index in [2.05, 4.69) is 13.8 Å². The van der Waals surface area contributed by atoms with Gasteiger partial charge in [0.05, 0.1) is 9.52 Å². The summed E-state index contributed by atoms with van der Waals surface area (Å²) >= 11 is 0. The lowest BCUT2D eigenvalue weighted by molar-refractivity contribution is -0.00734. The normalized spacial score (nSPS) is 28.7. The summed E-state index contributed by atoms with van der Waals surface area (Å²) < 4.78 is 5.93. The molecule has 0 saturated carbocycles. The molecule has 1 saturated heterocycles. The minimum Gasteiger partial charge on any atom is -0.379 e. The molecule has 1 atom stereocenters. The Balaban J connectivity index is 2.03. The van der Waals surface area contributed by atoms with Crippen molar-refractivity contribution >= 4 is 9.52 Å². The van der Waals surface area contributed by atoms with Crippen LogP contribution in [0.5, 0.6) is 0 Å². The second-order valence-corrected chi connectivity index (χ2v) is 7.62. The Morgan fingerprint density at radius 3 is 2.71 bits per heavy atom. The van der Waals surface area contributed by atoms with E-state index in [0.29, 0.717) is 5.22 Å². The van der Waals surface area contributed by atoms with Crippen LogP contribution in [-0.2, 0) is 4.74 Å². The van der Waals surface area contributed by atoms with Gasteiger partial charge in [0.15, 0.2) is 0 Å². The highest BCUT2D eigenvalue weighted by atomic mass is 28.2. The van der Waals surface area contributed by atoms with Crippen LogP contribution in [0.2, 0.25) is 6.04 Å². The van der Waals surface area contributed by atoms with Crippen molar-refractivity contribution in [3.63, 3.8) is 0 Å². The predicted molar refractivity (Wildman–Crippen MR) is 65.7 cm³/mol. The van der Waals surface area contributed by atoms with Crippen LogP contribution in [0.15, 0.2) is 0 Å². The summed E-state index contributed by atoms with van der Waals surface area (Å²) in [4.78, 5) is 0. The fourth-order valence-electron chi connectivity index (χ4n) is 2.29. The Labute approximate surface area is 91.4 Å². The summed E-state index contributed by atoms with van der Waals surface area (Å²) in [7, 11) is 0.0189. The van der Waals surface area contributed by atoms with Crippen LogP contribution in [-0.4, -0.2) is 21.4 Å². The van der Waals surface area contributed by atoms with Gasteiger partial charge in [0.2, 0.25) is 0 Å². The van der Waals surface area contributed by atoms with Crippen molar-refractivity contribution in [1.82, 2.24) is 0 Å². The molecule has 14 heavy (non-hydrogen) atoms. The van der Waals surface area contributed by atoms with Gasteiger partial charge < -0.3 is 4.74 Å². The van der Waals surface area contributed by atoms with E-state index >= 15 is 0 Å². The molecule has 1 heterocycles. The van der Waals surface area contributed by atoms with Crippen LogP contribution in [0.3, 0.4) is 0 Å². The van der Waals surface area contributed by atoms with Crippen molar-refractivity contribution in [3.8, 4) is 0 Å². The molecule has 0 aromatic rings. The van der Waals surface area contributed by atoms with Crippen LogP contribution >= 0.6 is 0 Å². The molecule has 2 heteroatoms. The molecule has 0 spiro atoms. The summed E-state index contributed by atoms with van der Waals surface area (Å²) in [6, 6.07) is 1.50.